The fraction of sp³-hybridized carbons (Fsp3) is 0.235. The number of rotatable bonds is 4. The van der Waals surface area contributed by atoms with Crippen molar-refractivity contribution in [1.82, 2.24) is 8.87 Å². The second kappa shape index (κ2) is 6.04. The number of hydrogen-bond acceptors (Lipinski definition) is 4. The highest BCUT2D eigenvalue weighted by Gasteiger charge is 2.22. The van der Waals surface area contributed by atoms with Crippen molar-refractivity contribution in [2.45, 2.75) is 17.7 Å². The Balaban J connectivity index is 1.99. The first-order chi connectivity index (χ1) is 11.0. The summed E-state index contributed by atoms with van der Waals surface area (Å²) in [6.45, 7) is 0.919. The third-order valence-electron chi connectivity index (χ3n) is 3.98. The SMILES string of the molecule is CN1CCCC1=CC(=O)c1cccn1S(=O)(=O)c1ccccc1. The van der Waals surface area contributed by atoms with Crippen LogP contribution in [0.15, 0.2) is 65.3 Å². The number of likely N-dealkylation sites (tertiary alicyclic amines) is 1. The van der Waals surface area contributed by atoms with Gasteiger partial charge in [0, 0.05) is 31.6 Å². The second-order valence-electron chi connectivity index (χ2n) is 5.53. The van der Waals surface area contributed by atoms with Gasteiger partial charge in [-0.05, 0) is 37.1 Å². The van der Waals surface area contributed by atoms with Gasteiger partial charge >= 0.3 is 0 Å². The van der Waals surface area contributed by atoms with E-state index in [-0.39, 0.29) is 16.4 Å². The minimum Gasteiger partial charge on any atom is -0.378 e. The van der Waals surface area contributed by atoms with Gasteiger partial charge in [-0.2, -0.15) is 0 Å². The molecule has 5 nitrogen and oxygen atoms in total. The Hall–Kier alpha value is -2.34. The van der Waals surface area contributed by atoms with E-state index in [1.165, 1.54) is 24.4 Å². The maximum Gasteiger partial charge on any atom is 0.268 e. The molecule has 0 atom stereocenters. The fourth-order valence-corrected chi connectivity index (χ4v) is 4.08. The van der Waals surface area contributed by atoms with Gasteiger partial charge in [0.25, 0.3) is 10.0 Å². The molecular weight excluding hydrogens is 312 g/mol. The Kier molecular flexibility index (Phi) is 4.09. The summed E-state index contributed by atoms with van der Waals surface area (Å²) in [7, 11) is -1.83. The largest absolute Gasteiger partial charge is 0.378 e. The van der Waals surface area contributed by atoms with E-state index in [0.717, 1.165) is 29.1 Å². The molecule has 0 saturated carbocycles. The first kappa shape index (κ1) is 15.6. The van der Waals surface area contributed by atoms with E-state index in [1.54, 1.807) is 30.3 Å². The summed E-state index contributed by atoms with van der Waals surface area (Å²) in [6, 6.07) is 11.2. The molecule has 1 aliphatic rings. The summed E-state index contributed by atoms with van der Waals surface area (Å²) in [5, 5.41) is 0. The predicted molar refractivity (Wildman–Crippen MR) is 87.7 cm³/mol. The molecule has 1 aliphatic heterocycles. The molecule has 6 heteroatoms. The van der Waals surface area contributed by atoms with Gasteiger partial charge in [-0.3, -0.25) is 4.79 Å². The van der Waals surface area contributed by atoms with Gasteiger partial charge in [0.05, 0.1) is 4.90 Å². The first-order valence-corrected chi connectivity index (χ1v) is 8.88. The molecule has 23 heavy (non-hydrogen) atoms. The van der Waals surface area contributed by atoms with Crippen LogP contribution in [0.5, 0.6) is 0 Å². The van der Waals surface area contributed by atoms with Crippen LogP contribution in [0.3, 0.4) is 0 Å². The maximum absolute atomic E-state index is 12.7. The number of carbonyl (C=O) groups excluding carboxylic acids is 1. The number of benzene rings is 1. The minimum absolute atomic E-state index is 0.154. The Morgan fingerprint density at radius 1 is 1.13 bits per heavy atom. The zero-order chi connectivity index (χ0) is 16.4. The molecule has 0 unspecified atom stereocenters. The van der Waals surface area contributed by atoms with Crippen LogP contribution in [-0.4, -0.2) is 36.7 Å². The summed E-state index contributed by atoms with van der Waals surface area (Å²) in [5.41, 5.74) is 1.10. The van der Waals surface area contributed by atoms with Crippen LogP contribution in [0, 0.1) is 0 Å². The lowest BCUT2D eigenvalue weighted by atomic mass is 10.2. The predicted octanol–water partition coefficient (Wildman–Crippen LogP) is 2.52. The monoisotopic (exact) mass is 330 g/mol. The molecule has 0 radical (unpaired) electrons. The Morgan fingerprint density at radius 3 is 2.52 bits per heavy atom. The number of hydrogen-bond donors (Lipinski definition) is 0. The van der Waals surface area contributed by atoms with Crippen LogP contribution in [0.25, 0.3) is 0 Å². The van der Waals surface area contributed by atoms with Crippen LogP contribution in [0.2, 0.25) is 0 Å². The van der Waals surface area contributed by atoms with Gasteiger partial charge in [-0.25, -0.2) is 12.4 Å². The molecule has 0 aliphatic carbocycles. The smallest absolute Gasteiger partial charge is 0.268 e. The van der Waals surface area contributed by atoms with E-state index in [4.69, 9.17) is 0 Å². The topological polar surface area (TPSA) is 59.4 Å². The van der Waals surface area contributed by atoms with Crippen molar-refractivity contribution in [3.63, 3.8) is 0 Å². The average Bonchev–Trinajstić information content (AvgIpc) is 3.18. The summed E-state index contributed by atoms with van der Waals surface area (Å²) in [5.74, 6) is -0.293. The van der Waals surface area contributed by atoms with Crippen molar-refractivity contribution < 1.29 is 13.2 Å². The molecule has 2 heterocycles. The third-order valence-corrected chi connectivity index (χ3v) is 5.68. The first-order valence-electron chi connectivity index (χ1n) is 7.44. The van der Waals surface area contributed by atoms with E-state index in [9.17, 15) is 13.2 Å². The van der Waals surface area contributed by atoms with E-state index >= 15 is 0 Å². The van der Waals surface area contributed by atoms with Crippen LogP contribution in [-0.2, 0) is 10.0 Å². The zero-order valence-electron chi connectivity index (χ0n) is 12.8. The summed E-state index contributed by atoms with van der Waals surface area (Å²) >= 11 is 0. The van der Waals surface area contributed by atoms with E-state index in [2.05, 4.69) is 0 Å². The van der Waals surface area contributed by atoms with Crippen molar-refractivity contribution in [1.29, 1.82) is 0 Å². The van der Waals surface area contributed by atoms with E-state index < -0.39 is 10.0 Å². The number of allylic oxidation sites excluding steroid dienone is 2. The Morgan fingerprint density at radius 2 is 1.87 bits per heavy atom. The van der Waals surface area contributed by atoms with Crippen molar-refractivity contribution >= 4 is 15.8 Å². The van der Waals surface area contributed by atoms with E-state index in [1.807, 2.05) is 11.9 Å². The summed E-state index contributed by atoms with van der Waals surface area (Å²) in [6.07, 6.45) is 4.80. The molecule has 0 N–H and O–H groups in total. The zero-order valence-corrected chi connectivity index (χ0v) is 13.7. The molecule has 1 aromatic carbocycles. The standard InChI is InChI=1S/C17H18N2O3S/c1-18-11-5-7-14(18)13-17(20)16-10-6-12-19(16)23(21,22)15-8-3-2-4-9-15/h2-4,6,8-10,12-13H,5,7,11H2,1H3. The van der Waals surface area contributed by atoms with Crippen molar-refractivity contribution in [2.24, 2.45) is 0 Å². The molecule has 3 rings (SSSR count). The third kappa shape index (κ3) is 2.94. The average molecular weight is 330 g/mol. The van der Waals surface area contributed by atoms with Crippen LogP contribution < -0.4 is 0 Å². The highest BCUT2D eigenvalue weighted by Crippen LogP contribution is 2.21. The highest BCUT2D eigenvalue weighted by atomic mass is 32.2. The molecule has 1 saturated heterocycles. The number of nitrogens with zero attached hydrogens (tertiary/aromatic N) is 2. The highest BCUT2D eigenvalue weighted by molar-refractivity contribution is 7.90. The van der Waals surface area contributed by atoms with Crippen molar-refractivity contribution in [3.05, 3.63) is 66.1 Å². The Labute approximate surface area is 135 Å². The lowest BCUT2D eigenvalue weighted by Gasteiger charge is -2.13. The quantitative estimate of drug-likeness (QED) is 0.638. The number of carbonyl (C=O) groups is 1. The second-order valence-corrected chi connectivity index (χ2v) is 7.35. The molecule has 1 aromatic heterocycles. The molecule has 2 aromatic rings. The lowest BCUT2D eigenvalue weighted by Crippen LogP contribution is -2.18. The molecular formula is C17H18N2O3S. The molecule has 0 amide bonds. The minimum atomic E-state index is -3.77. The van der Waals surface area contributed by atoms with Gasteiger partial charge in [0.15, 0.2) is 0 Å². The molecule has 1 fully saturated rings. The van der Waals surface area contributed by atoms with Gasteiger partial charge in [0.1, 0.15) is 5.69 Å². The summed E-state index contributed by atoms with van der Waals surface area (Å²) in [4.78, 5) is 14.7. The van der Waals surface area contributed by atoms with Gasteiger partial charge in [-0.1, -0.05) is 18.2 Å². The number of aromatic nitrogens is 1. The van der Waals surface area contributed by atoms with Crippen LogP contribution in [0.4, 0.5) is 0 Å². The summed E-state index contributed by atoms with van der Waals surface area (Å²) < 4.78 is 26.5. The fourth-order valence-electron chi connectivity index (χ4n) is 2.71. The van der Waals surface area contributed by atoms with Gasteiger partial charge in [0.2, 0.25) is 5.78 Å². The number of ketones is 1. The van der Waals surface area contributed by atoms with Crippen LogP contribution >= 0.6 is 0 Å². The Bertz CT molecular complexity index is 851. The van der Waals surface area contributed by atoms with Gasteiger partial charge in [-0.15, -0.1) is 0 Å². The molecule has 0 bridgehead atoms. The normalized spacial score (nSPS) is 16.9. The van der Waals surface area contributed by atoms with Gasteiger partial charge < -0.3 is 4.90 Å². The lowest BCUT2D eigenvalue weighted by molar-refractivity contribution is 0.103. The molecule has 0 spiro atoms. The van der Waals surface area contributed by atoms with Crippen LogP contribution in [0.1, 0.15) is 23.3 Å². The van der Waals surface area contributed by atoms with Crippen molar-refractivity contribution in [2.75, 3.05) is 13.6 Å². The maximum atomic E-state index is 12.7. The molecule has 120 valence electrons. The van der Waals surface area contributed by atoms with E-state index in [0.29, 0.717) is 0 Å². The van der Waals surface area contributed by atoms with Crippen molar-refractivity contribution in [3.8, 4) is 0 Å².